The molecule has 1 amide bonds. The highest BCUT2D eigenvalue weighted by Gasteiger charge is 2.23. The van der Waals surface area contributed by atoms with Crippen molar-refractivity contribution in [2.24, 2.45) is 5.92 Å². The van der Waals surface area contributed by atoms with Gasteiger partial charge in [0, 0.05) is 40.0 Å². The summed E-state index contributed by atoms with van der Waals surface area (Å²) >= 11 is 0. The van der Waals surface area contributed by atoms with Crippen LogP contribution in [0.4, 0.5) is 10.1 Å². The Morgan fingerprint density at radius 1 is 0.900 bits per heavy atom. The van der Waals surface area contributed by atoms with E-state index in [0.29, 0.717) is 11.3 Å². The Morgan fingerprint density at radius 3 is 2.62 bits per heavy atom. The molecule has 0 saturated heterocycles. The van der Waals surface area contributed by atoms with E-state index in [0.717, 1.165) is 81.6 Å². The van der Waals surface area contributed by atoms with Gasteiger partial charge in [-0.15, -0.1) is 0 Å². The number of phenolic OH excluding ortho intramolecular Hbond substituents is 1. The van der Waals surface area contributed by atoms with Gasteiger partial charge in [-0.1, -0.05) is 31.0 Å². The number of carbonyl (C=O) groups is 1. The number of carbonyl (C=O) groups excluding carboxylic acids is 1. The Labute approximate surface area is 229 Å². The summed E-state index contributed by atoms with van der Waals surface area (Å²) in [5.41, 5.74) is 7.24. The van der Waals surface area contributed by atoms with Gasteiger partial charge in [0.15, 0.2) is 0 Å². The molecule has 0 aliphatic heterocycles. The summed E-state index contributed by atoms with van der Waals surface area (Å²) in [5.74, 6) is -0.469. The maximum atomic E-state index is 14.0. The fourth-order valence-corrected chi connectivity index (χ4v) is 5.76. The summed E-state index contributed by atoms with van der Waals surface area (Å²) in [7, 11) is 0. The van der Waals surface area contributed by atoms with Crippen molar-refractivity contribution < 1.29 is 14.3 Å². The molecule has 3 aromatic heterocycles. The van der Waals surface area contributed by atoms with Crippen LogP contribution in [-0.4, -0.2) is 31.2 Å². The summed E-state index contributed by atoms with van der Waals surface area (Å²) in [4.78, 5) is 20.5. The quantitative estimate of drug-likeness (QED) is 0.186. The molecule has 7 rings (SSSR count). The number of pyridine rings is 1. The van der Waals surface area contributed by atoms with Crippen molar-refractivity contribution in [1.82, 2.24) is 20.2 Å². The second kappa shape index (κ2) is 9.64. The van der Waals surface area contributed by atoms with E-state index in [1.165, 1.54) is 6.07 Å². The normalized spacial score (nSPS) is 13.8. The summed E-state index contributed by atoms with van der Waals surface area (Å²) in [6.07, 6.45) is 7.57. The summed E-state index contributed by atoms with van der Waals surface area (Å²) < 4.78 is 14.0. The average Bonchev–Trinajstić information content (AvgIpc) is 3.71. The van der Waals surface area contributed by atoms with Crippen molar-refractivity contribution in [2.75, 3.05) is 5.32 Å². The second-order valence-electron chi connectivity index (χ2n) is 10.4. The van der Waals surface area contributed by atoms with Gasteiger partial charge in [0.05, 0.1) is 23.1 Å². The molecule has 40 heavy (non-hydrogen) atoms. The predicted octanol–water partition coefficient (Wildman–Crippen LogP) is 7.41. The number of nitrogens with zero attached hydrogens (tertiary/aromatic N) is 2. The summed E-state index contributed by atoms with van der Waals surface area (Å²) in [5, 5.41) is 22.5. The molecule has 198 valence electrons. The topological polar surface area (TPSA) is 107 Å². The third-order valence-electron chi connectivity index (χ3n) is 7.74. The van der Waals surface area contributed by atoms with Crippen LogP contribution in [-0.2, 0) is 4.79 Å². The molecule has 3 heterocycles. The van der Waals surface area contributed by atoms with Gasteiger partial charge in [-0.2, -0.15) is 5.10 Å². The van der Waals surface area contributed by atoms with E-state index in [9.17, 15) is 14.3 Å². The maximum Gasteiger partial charge on any atom is 0.227 e. The fraction of sp³-hybridized carbons (Fsp3) is 0.156. The van der Waals surface area contributed by atoms with Crippen LogP contribution >= 0.6 is 0 Å². The fourth-order valence-electron chi connectivity index (χ4n) is 5.76. The first-order valence-electron chi connectivity index (χ1n) is 13.4. The van der Waals surface area contributed by atoms with Gasteiger partial charge in [-0.25, -0.2) is 4.39 Å². The summed E-state index contributed by atoms with van der Waals surface area (Å²) in [6, 6.07) is 19.8. The molecule has 1 fully saturated rings. The van der Waals surface area contributed by atoms with E-state index in [4.69, 9.17) is 0 Å². The standard InChI is InChI=1S/C32H26FN5O2/c33-22-10-20(12-24(39)14-22)25-6-3-7-28-26(25)15-30(36-28)31-27-13-19(8-9-29(27)37-38-31)21-11-23(17-34-16-21)35-32(40)18-4-1-2-5-18/h3,6-18,36,39H,1-2,4-5H2,(H,35,40)(H,37,38). The number of aromatic nitrogens is 4. The molecule has 0 atom stereocenters. The van der Waals surface area contributed by atoms with Crippen LogP contribution in [0.15, 0.2) is 79.1 Å². The Hall–Kier alpha value is -4.98. The first-order chi connectivity index (χ1) is 19.5. The van der Waals surface area contributed by atoms with Gasteiger partial charge in [-0.05, 0) is 72.0 Å². The lowest BCUT2D eigenvalue weighted by atomic mass is 10.0. The van der Waals surface area contributed by atoms with E-state index >= 15 is 0 Å². The van der Waals surface area contributed by atoms with E-state index < -0.39 is 5.82 Å². The van der Waals surface area contributed by atoms with Crippen molar-refractivity contribution in [3.8, 4) is 39.4 Å². The number of anilines is 1. The third-order valence-corrected chi connectivity index (χ3v) is 7.74. The van der Waals surface area contributed by atoms with E-state index in [1.807, 2.05) is 42.5 Å². The zero-order valence-electron chi connectivity index (χ0n) is 21.5. The van der Waals surface area contributed by atoms with Crippen molar-refractivity contribution in [1.29, 1.82) is 0 Å². The predicted molar refractivity (Wildman–Crippen MR) is 154 cm³/mol. The molecule has 0 unspecified atom stereocenters. The van der Waals surface area contributed by atoms with Gasteiger partial charge in [0.2, 0.25) is 5.91 Å². The van der Waals surface area contributed by atoms with Gasteiger partial charge in [0.1, 0.15) is 17.3 Å². The number of nitrogens with one attached hydrogen (secondary N) is 3. The van der Waals surface area contributed by atoms with Crippen LogP contribution in [0.5, 0.6) is 5.75 Å². The molecule has 0 radical (unpaired) electrons. The average molecular weight is 532 g/mol. The van der Waals surface area contributed by atoms with Crippen molar-refractivity contribution >= 4 is 33.4 Å². The number of aromatic amines is 2. The number of amides is 1. The minimum Gasteiger partial charge on any atom is -0.508 e. The highest BCUT2D eigenvalue weighted by molar-refractivity contribution is 6.02. The molecule has 1 aliphatic carbocycles. The van der Waals surface area contributed by atoms with Crippen molar-refractivity contribution in [3.63, 3.8) is 0 Å². The van der Waals surface area contributed by atoms with Gasteiger partial charge in [-0.3, -0.25) is 14.9 Å². The largest absolute Gasteiger partial charge is 0.508 e. The molecule has 0 spiro atoms. The minimum absolute atomic E-state index is 0.0654. The lowest BCUT2D eigenvalue weighted by Crippen LogP contribution is -2.20. The van der Waals surface area contributed by atoms with Gasteiger partial charge >= 0.3 is 0 Å². The number of phenols is 1. The molecular formula is C32H26FN5O2. The SMILES string of the molecule is O=C(Nc1cncc(-c2ccc3[nH]nc(-c4cc5c(-c6cc(O)cc(F)c6)cccc5[nH]4)c3c2)c1)C1CCCC1. The number of halogens is 1. The lowest BCUT2D eigenvalue weighted by molar-refractivity contribution is -0.119. The smallest absolute Gasteiger partial charge is 0.227 e. The van der Waals surface area contributed by atoms with E-state index in [-0.39, 0.29) is 17.6 Å². The Morgan fingerprint density at radius 2 is 1.77 bits per heavy atom. The summed E-state index contributed by atoms with van der Waals surface area (Å²) in [6.45, 7) is 0. The van der Waals surface area contributed by atoms with Crippen LogP contribution in [0.3, 0.4) is 0 Å². The Kier molecular flexibility index (Phi) is 5.81. The molecule has 0 bridgehead atoms. The van der Waals surface area contributed by atoms with Crippen molar-refractivity contribution in [2.45, 2.75) is 25.7 Å². The number of hydrogen-bond donors (Lipinski definition) is 4. The maximum absolute atomic E-state index is 14.0. The highest BCUT2D eigenvalue weighted by Crippen LogP contribution is 2.36. The third kappa shape index (κ3) is 4.37. The molecule has 4 N–H and O–H groups in total. The Balaban J connectivity index is 1.25. The number of aromatic hydroxyl groups is 1. The second-order valence-corrected chi connectivity index (χ2v) is 10.4. The van der Waals surface area contributed by atoms with Crippen LogP contribution < -0.4 is 5.32 Å². The van der Waals surface area contributed by atoms with Crippen molar-refractivity contribution in [3.05, 3.63) is 84.9 Å². The van der Waals surface area contributed by atoms with Gasteiger partial charge < -0.3 is 15.4 Å². The molecule has 8 heteroatoms. The lowest BCUT2D eigenvalue weighted by Gasteiger charge is -2.11. The van der Waals surface area contributed by atoms with Crippen LogP contribution in [0, 0.1) is 11.7 Å². The number of benzene rings is 3. The van der Waals surface area contributed by atoms with Crippen LogP contribution in [0.2, 0.25) is 0 Å². The zero-order chi connectivity index (χ0) is 27.2. The van der Waals surface area contributed by atoms with Gasteiger partial charge in [0.25, 0.3) is 0 Å². The molecular weight excluding hydrogens is 505 g/mol. The highest BCUT2D eigenvalue weighted by atomic mass is 19.1. The zero-order valence-corrected chi connectivity index (χ0v) is 21.5. The van der Waals surface area contributed by atoms with E-state index in [2.05, 4.69) is 31.5 Å². The number of rotatable bonds is 5. The molecule has 6 aromatic rings. The minimum atomic E-state index is -0.495. The molecule has 1 aliphatic rings. The number of H-pyrrole nitrogens is 2. The first-order valence-corrected chi connectivity index (χ1v) is 13.4. The molecule has 7 nitrogen and oxygen atoms in total. The molecule has 1 saturated carbocycles. The Bertz CT molecular complexity index is 1880. The number of fused-ring (bicyclic) bond motifs is 2. The monoisotopic (exact) mass is 531 g/mol. The molecule has 3 aromatic carbocycles. The number of hydrogen-bond acceptors (Lipinski definition) is 4. The van der Waals surface area contributed by atoms with Crippen LogP contribution in [0.1, 0.15) is 25.7 Å². The van der Waals surface area contributed by atoms with Crippen LogP contribution in [0.25, 0.3) is 55.4 Å². The first kappa shape index (κ1) is 24.1. The van der Waals surface area contributed by atoms with E-state index in [1.54, 1.807) is 18.5 Å².